The van der Waals surface area contributed by atoms with Gasteiger partial charge in [-0.15, -0.1) is 0 Å². The molecule has 174 valence electrons. The first-order valence-electron chi connectivity index (χ1n) is 10.8. The van der Waals surface area contributed by atoms with Crippen LogP contribution in [0, 0.1) is 5.92 Å². The highest BCUT2D eigenvalue weighted by molar-refractivity contribution is 7.89. The number of sulfonamides is 1. The number of nitrogens with two attached hydrogens (primary N) is 1. The third-order valence-corrected chi connectivity index (χ3v) is 7.82. The fourth-order valence-electron chi connectivity index (χ4n) is 4.02. The van der Waals surface area contributed by atoms with Crippen molar-refractivity contribution in [3.63, 3.8) is 0 Å². The maximum Gasteiger partial charge on any atom is 0.265 e. The Morgan fingerprint density at radius 1 is 1.12 bits per heavy atom. The highest BCUT2D eigenvalue weighted by Crippen LogP contribution is 2.26. The van der Waals surface area contributed by atoms with Crippen molar-refractivity contribution < 1.29 is 18.0 Å². The van der Waals surface area contributed by atoms with Crippen molar-refractivity contribution >= 4 is 33.2 Å². The first-order valence-corrected chi connectivity index (χ1v) is 12.2. The minimum atomic E-state index is -3.75. The van der Waals surface area contributed by atoms with E-state index in [4.69, 9.17) is 5.73 Å². The summed E-state index contributed by atoms with van der Waals surface area (Å²) in [5.74, 6) is -1.05. The number of aryl methyl sites for hydroxylation is 1. The molecular formula is C22H31N5O4S. The second-order valence-electron chi connectivity index (χ2n) is 7.92. The van der Waals surface area contributed by atoms with Crippen molar-refractivity contribution in [1.82, 2.24) is 8.87 Å². The summed E-state index contributed by atoms with van der Waals surface area (Å²) in [4.78, 5) is 26.4. The lowest BCUT2D eigenvalue weighted by molar-refractivity contribution is -0.120. The summed E-state index contributed by atoms with van der Waals surface area (Å²) in [5, 5.41) is 2.94. The molecule has 0 radical (unpaired) electrons. The average molecular weight is 462 g/mol. The molecule has 1 aliphatic heterocycles. The number of rotatable bonds is 8. The molecule has 0 spiro atoms. The molecule has 0 saturated carbocycles. The predicted molar refractivity (Wildman–Crippen MR) is 124 cm³/mol. The molecular weight excluding hydrogens is 430 g/mol. The van der Waals surface area contributed by atoms with Crippen LogP contribution in [0.5, 0.6) is 0 Å². The predicted octanol–water partition coefficient (Wildman–Crippen LogP) is 2.01. The zero-order valence-electron chi connectivity index (χ0n) is 18.7. The van der Waals surface area contributed by atoms with Crippen molar-refractivity contribution in [2.24, 2.45) is 18.7 Å². The van der Waals surface area contributed by atoms with Crippen LogP contribution >= 0.6 is 0 Å². The number of benzene rings is 1. The maximum absolute atomic E-state index is 12.9. The van der Waals surface area contributed by atoms with Crippen molar-refractivity contribution in [3.8, 4) is 0 Å². The van der Waals surface area contributed by atoms with Crippen LogP contribution in [-0.4, -0.2) is 55.3 Å². The first-order chi connectivity index (χ1) is 15.2. The Hall–Kier alpha value is -2.85. The smallest absolute Gasteiger partial charge is 0.265 e. The van der Waals surface area contributed by atoms with E-state index in [1.807, 2.05) is 24.3 Å². The van der Waals surface area contributed by atoms with Crippen LogP contribution in [0.3, 0.4) is 0 Å². The summed E-state index contributed by atoms with van der Waals surface area (Å²) < 4.78 is 28.6. The van der Waals surface area contributed by atoms with Gasteiger partial charge in [-0.25, -0.2) is 8.42 Å². The molecule has 2 aromatic rings. The van der Waals surface area contributed by atoms with Gasteiger partial charge in [0.15, 0.2) is 0 Å². The lowest BCUT2D eigenvalue weighted by Gasteiger charge is -2.30. The van der Waals surface area contributed by atoms with E-state index in [9.17, 15) is 18.0 Å². The molecule has 0 atom stereocenters. The standard InChI is InChI=1S/C22H31N5O4S/c1-4-26(5-2)18-8-6-17(7-9-18)24-22(29)16-10-12-27(13-11-16)32(30,31)19-14-20(21(23)28)25(3)15-19/h6-9,14-16H,4-5,10-13H2,1-3H3,(H2,23,28)(H,24,29). The molecule has 2 heterocycles. The molecule has 32 heavy (non-hydrogen) atoms. The Morgan fingerprint density at radius 3 is 2.22 bits per heavy atom. The van der Waals surface area contributed by atoms with Crippen LogP contribution in [0.15, 0.2) is 41.4 Å². The zero-order chi connectivity index (χ0) is 23.5. The van der Waals surface area contributed by atoms with Crippen LogP contribution in [0.1, 0.15) is 37.2 Å². The highest BCUT2D eigenvalue weighted by atomic mass is 32.2. The zero-order valence-corrected chi connectivity index (χ0v) is 19.6. The Bertz CT molecular complexity index is 1070. The number of anilines is 2. The number of carbonyl (C=O) groups excluding carboxylic acids is 2. The Balaban J connectivity index is 1.59. The van der Waals surface area contributed by atoms with E-state index in [-0.39, 0.29) is 35.5 Å². The summed E-state index contributed by atoms with van der Waals surface area (Å²) >= 11 is 0. The van der Waals surface area contributed by atoms with E-state index >= 15 is 0 Å². The fourth-order valence-corrected chi connectivity index (χ4v) is 5.56. The van der Waals surface area contributed by atoms with Crippen LogP contribution in [-0.2, 0) is 21.9 Å². The number of nitrogens with zero attached hydrogens (tertiary/aromatic N) is 3. The number of amides is 2. The molecule has 0 unspecified atom stereocenters. The van der Waals surface area contributed by atoms with E-state index in [1.54, 1.807) is 7.05 Å². The lowest BCUT2D eigenvalue weighted by Crippen LogP contribution is -2.41. The summed E-state index contributed by atoms with van der Waals surface area (Å²) in [6.07, 6.45) is 2.24. The van der Waals surface area contributed by atoms with Crippen LogP contribution in [0.25, 0.3) is 0 Å². The molecule has 1 aromatic carbocycles. The molecule has 0 aliphatic carbocycles. The quantitative estimate of drug-likeness (QED) is 0.624. The summed E-state index contributed by atoms with van der Waals surface area (Å²) in [6, 6.07) is 9.03. The van der Waals surface area contributed by atoms with E-state index in [0.717, 1.165) is 24.5 Å². The van der Waals surface area contributed by atoms with Gasteiger partial charge in [-0.2, -0.15) is 4.31 Å². The fraction of sp³-hybridized carbons (Fsp3) is 0.455. The van der Waals surface area contributed by atoms with Crippen LogP contribution in [0.2, 0.25) is 0 Å². The van der Waals surface area contributed by atoms with Crippen LogP contribution in [0.4, 0.5) is 11.4 Å². The van der Waals surface area contributed by atoms with Crippen LogP contribution < -0.4 is 16.0 Å². The monoisotopic (exact) mass is 461 g/mol. The first kappa shape index (κ1) is 23.8. The molecule has 9 nitrogen and oxygen atoms in total. The number of piperidine rings is 1. The molecule has 2 amide bonds. The minimum Gasteiger partial charge on any atom is -0.372 e. The largest absolute Gasteiger partial charge is 0.372 e. The molecule has 1 aromatic heterocycles. The molecule has 1 fully saturated rings. The second kappa shape index (κ2) is 9.74. The summed E-state index contributed by atoms with van der Waals surface area (Å²) in [7, 11) is -2.18. The van der Waals surface area contributed by atoms with Gasteiger partial charge in [-0.05, 0) is 57.0 Å². The van der Waals surface area contributed by atoms with E-state index < -0.39 is 15.9 Å². The Labute approximate surface area is 189 Å². The maximum atomic E-state index is 12.9. The third-order valence-electron chi connectivity index (χ3n) is 5.96. The number of hydrogen-bond acceptors (Lipinski definition) is 5. The topological polar surface area (TPSA) is 118 Å². The van der Waals surface area contributed by atoms with Gasteiger partial charge in [0.2, 0.25) is 15.9 Å². The molecule has 1 saturated heterocycles. The Kier molecular flexibility index (Phi) is 7.25. The van der Waals surface area contributed by atoms with Gasteiger partial charge in [-0.3, -0.25) is 9.59 Å². The number of primary amides is 1. The summed E-state index contributed by atoms with van der Waals surface area (Å²) in [5.41, 5.74) is 7.25. The normalized spacial score (nSPS) is 15.5. The van der Waals surface area contributed by atoms with E-state index in [2.05, 4.69) is 24.1 Å². The van der Waals surface area contributed by atoms with E-state index in [1.165, 1.54) is 21.1 Å². The molecule has 10 heteroatoms. The molecule has 1 aliphatic rings. The van der Waals surface area contributed by atoms with Gasteiger partial charge in [-0.1, -0.05) is 0 Å². The Morgan fingerprint density at radius 2 is 1.72 bits per heavy atom. The van der Waals surface area contributed by atoms with Crippen molar-refractivity contribution in [3.05, 3.63) is 42.2 Å². The second-order valence-corrected chi connectivity index (χ2v) is 9.86. The van der Waals surface area contributed by atoms with Gasteiger partial charge in [0, 0.05) is 56.7 Å². The molecule has 0 bridgehead atoms. The lowest BCUT2D eigenvalue weighted by atomic mass is 9.97. The molecule has 3 N–H and O–H groups in total. The number of nitrogens with one attached hydrogen (secondary N) is 1. The number of carbonyl (C=O) groups is 2. The highest BCUT2D eigenvalue weighted by Gasteiger charge is 2.33. The minimum absolute atomic E-state index is 0.0324. The van der Waals surface area contributed by atoms with Crippen molar-refractivity contribution in [2.45, 2.75) is 31.6 Å². The molecule has 3 rings (SSSR count). The van der Waals surface area contributed by atoms with Gasteiger partial charge in [0.25, 0.3) is 5.91 Å². The van der Waals surface area contributed by atoms with E-state index in [0.29, 0.717) is 12.8 Å². The number of hydrogen-bond donors (Lipinski definition) is 2. The average Bonchev–Trinajstić information content (AvgIpc) is 3.18. The van der Waals surface area contributed by atoms with Crippen molar-refractivity contribution in [1.29, 1.82) is 0 Å². The van der Waals surface area contributed by atoms with Gasteiger partial charge in [0.05, 0.1) is 0 Å². The van der Waals surface area contributed by atoms with Gasteiger partial charge < -0.3 is 20.5 Å². The van der Waals surface area contributed by atoms with Gasteiger partial charge >= 0.3 is 0 Å². The van der Waals surface area contributed by atoms with Gasteiger partial charge in [0.1, 0.15) is 10.6 Å². The summed E-state index contributed by atoms with van der Waals surface area (Å²) in [6.45, 7) is 6.50. The SMILES string of the molecule is CCN(CC)c1ccc(NC(=O)C2CCN(S(=O)(=O)c3cc(C(N)=O)n(C)c3)CC2)cc1. The third kappa shape index (κ3) is 4.97. The van der Waals surface area contributed by atoms with Crippen molar-refractivity contribution in [2.75, 3.05) is 36.4 Å². The number of aromatic nitrogens is 1.